The Kier molecular flexibility index (Phi) is 7.27. The van der Waals surface area contributed by atoms with Crippen molar-refractivity contribution >= 4 is 29.3 Å². The number of nitrogens with one attached hydrogen (secondary N) is 1. The van der Waals surface area contributed by atoms with Crippen molar-refractivity contribution in [3.63, 3.8) is 0 Å². The lowest BCUT2D eigenvalue weighted by Crippen LogP contribution is -2.52. The highest BCUT2D eigenvalue weighted by Gasteiger charge is 2.46. The van der Waals surface area contributed by atoms with Gasteiger partial charge in [0.2, 0.25) is 0 Å². The third-order valence-corrected chi connectivity index (χ3v) is 6.30. The monoisotopic (exact) mass is 496 g/mol. The molecule has 2 aromatic rings. The van der Waals surface area contributed by atoms with Gasteiger partial charge in [-0.1, -0.05) is 17.7 Å². The fourth-order valence-electron chi connectivity index (χ4n) is 4.31. The molecular weight excluding hydrogens is 473 g/mol. The Labute approximate surface area is 199 Å². The summed E-state index contributed by atoms with van der Waals surface area (Å²) >= 11 is 5.89. The highest BCUT2D eigenvalue weighted by Crippen LogP contribution is 2.25. The van der Waals surface area contributed by atoms with Gasteiger partial charge in [0.25, 0.3) is 5.91 Å². The van der Waals surface area contributed by atoms with Crippen LogP contribution in [-0.2, 0) is 9.53 Å². The number of halogens is 4. The summed E-state index contributed by atoms with van der Waals surface area (Å²) in [5.74, 6) is -1.69. The molecular formula is C23H24ClF3N4O3. The van der Waals surface area contributed by atoms with Crippen molar-refractivity contribution < 1.29 is 27.5 Å². The molecule has 7 nitrogen and oxygen atoms in total. The lowest BCUT2D eigenvalue weighted by molar-refractivity contribution is -0.204. The van der Waals surface area contributed by atoms with Crippen LogP contribution in [0.15, 0.2) is 48.7 Å². The standard InChI is InChI=1S/C23H24ClF3N4O3/c24-16-6-4-15(5-7-16)21(32)30-11-8-17(9-12-30)29-18-13-31(20-3-1-2-10-28-20)14-19(18)34-22(33)23(25,26)27/h1-7,10,17-19,29H,8-9,11-14H2. The number of nitrogens with zero attached hydrogens (tertiary/aromatic N) is 3. The Morgan fingerprint density at radius 2 is 1.76 bits per heavy atom. The highest BCUT2D eigenvalue weighted by molar-refractivity contribution is 6.30. The van der Waals surface area contributed by atoms with Crippen LogP contribution in [0.2, 0.25) is 5.02 Å². The molecule has 11 heteroatoms. The fourth-order valence-corrected chi connectivity index (χ4v) is 4.44. The van der Waals surface area contributed by atoms with Gasteiger partial charge in [0.1, 0.15) is 11.9 Å². The molecule has 2 saturated heterocycles. The average molecular weight is 497 g/mol. The molecule has 34 heavy (non-hydrogen) atoms. The topological polar surface area (TPSA) is 74.8 Å². The number of pyridine rings is 1. The Balaban J connectivity index is 1.38. The van der Waals surface area contributed by atoms with Gasteiger partial charge in [-0.2, -0.15) is 13.2 Å². The number of alkyl halides is 3. The number of rotatable bonds is 5. The van der Waals surface area contributed by atoms with Gasteiger partial charge >= 0.3 is 12.1 Å². The molecule has 2 aliphatic rings. The molecule has 4 rings (SSSR count). The summed E-state index contributed by atoms with van der Waals surface area (Å²) in [6.45, 7) is 1.45. The lowest BCUT2D eigenvalue weighted by Gasteiger charge is -2.34. The van der Waals surface area contributed by atoms with Gasteiger partial charge in [-0.3, -0.25) is 4.79 Å². The zero-order chi connectivity index (χ0) is 24.3. The second-order valence-corrected chi connectivity index (χ2v) is 8.82. The maximum Gasteiger partial charge on any atom is 0.490 e. The van der Waals surface area contributed by atoms with Crippen molar-refractivity contribution in [1.82, 2.24) is 15.2 Å². The minimum absolute atomic E-state index is 0.0324. The summed E-state index contributed by atoms with van der Waals surface area (Å²) in [6, 6.07) is 11.4. The molecule has 1 aromatic heterocycles. The number of carbonyl (C=O) groups excluding carboxylic acids is 2. The number of aromatic nitrogens is 1. The van der Waals surface area contributed by atoms with Crippen LogP contribution in [0.4, 0.5) is 19.0 Å². The van der Waals surface area contributed by atoms with Crippen LogP contribution in [0.25, 0.3) is 0 Å². The number of hydrogen-bond donors (Lipinski definition) is 1. The second kappa shape index (κ2) is 10.2. The molecule has 1 amide bonds. The van der Waals surface area contributed by atoms with Gasteiger partial charge in [-0.15, -0.1) is 0 Å². The zero-order valence-corrected chi connectivity index (χ0v) is 18.9. The minimum Gasteiger partial charge on any atom is -0.452 e. The maximum atomic E-state index is 12.8. The summed E-state index contributed by atoms with van der Waals surface area (Å²) in [5, 5.41) is 3.91. The van der Waals surface area contributed by atoms with Crippen molar-refractivity contribution in [2.45, 2.75) is 37.2 Å². The lowest BCUT2D eigenvalue weighted by atomic mass is 10.0. The number of piperidine rings is 1. The van der Waals surface area contributed by atoms with E-state index in [2.05, 4.69) is 10.3 Å². The second-order valence-electron chi connectivity index (χ2n) is 8.38. The molecule has 2 fully saturated rings. The summed E-state index contributed by atoms with van der Waals surface area (Å²) < 4.78 is 43.3. The van der Waals surface area contributed by atoms with Crippen LogP contribution < -0.4 is 10.2 Å². The first-order chi connectivity index (χ1) is 16.2. The van der Waals surface area contributed by atoms with Crippen LogP contribution in [0.1, 0.15) is 23.2 Å². The van der Waals surface area contributed by atoms with E-state index in [1.807, 2.05) is 0 Å². The fraction of sp³-hybridized carbons (Fsp3) is 0.435. The van der Waals surface area contributed by atoms with Crippen LogP contribution in [0.3, 0.4) is 0 Å². The van der Waals surface area contributed by atoms with Crippen LogP contribution in [0.5, 0.6) is 0 Å². The van der Waals surface area contributed by atoms with Gasteiger partial charge in [-0.25, -0.2) is 9.78 Å². The van der Waals surface area contributed by atoms with E-state index in [4.69, 9.17) is 16.3 Å². The van der Waals surface area contributed by atoms with Crippen molar-refractivity contribution in [1.29, 1.82) is 0 Å². The van der Waals surface area contributed by atoms with E-state index in [0.717, 1.165) is 0 Å². The summed E-state index contributed by atoms with van der Waals surface area (Å²) in [6.07, 6.45) is -3.19. The number of carbonyl (C=O) groups is 2. The van der Waals surface area contributed by atoms with Gasteiger partial charge in [-0.05, 0) is 49.2 Å². The third kappa shape index (κ3) is 5.79. The largest absolute Gasteiger partial charge is 0.490 e. The molecule has 3 heterocycles. The predicted octanol–water partition coefficient (Wildman–Crippen LogP) is 3.29. The molecule has 2 unspecified atom stereocenters. The minimum atomic E-state index is -5.06. The number of ether oxygens (including phenoxy) is 1. The number of esters is 1. The molecule has 0 aliphatic carbocycles. The van der Waals surface area contributed by atoms with E-state index >= 15 is 0 Å². The Morgan fingerprint density at radius 3 is 2.38 bits per heavy atom. The van der Waals surface area contributed by atoms with Gasteiger partial charge in [0.15, 0.2) is 0 Å². The van der Waals surface area contributed by atoms with Gasteiger partial charge < -0.3 is 19.9 Å². The molecule has 0 radical (unpaired) electrons. The number of hydrogen-bond acceptors (Lipinski definition) is 6. The smallest absolute Gasteiger partial charge is 0.452 e. The van der Waals surface area contributed by atoms with Crippen LogP contribution in [-0.4, -0.2) is 72.3 Å². The Hall–Kier alpha value is -2.85. The molecule has 1 aromatic carbocycles. The molecule has 0 spiro atoms. The van der Waals surface area contributed by atoms with E-state index in [0.29, 0.717) is 48.9 Å². The number of likely N-dealkylation sites (tertiary alicyclic amines) is 1. The molecule has 1 N–H and O–H groups in total. The van der Waals surface area contributed by atoms with Crippen LogP contribution in [0, 0.1) is 0 Å². The van der Waals surface area contributed by atoms with E-state index in [-0.39, 0.29) is 18.5 Å². The predicted molar refractivity (Wildman–Crippen MR) is 120 cm³/mol. The van der Waals surface area contributed by atoms with Gasteiger partial charge in [0, 0.05) is 42.5 Å². The first kappa shape index (κ1) is 24.3. The quantitative estimate of drug-likeness (QED) is 0.640. The third-order valence-electron chi connectivity index (χ3n) is 6.05. The highest BCUT2D eigenvalue weighted by atomic mass is 35.5. The number of benzene rings is 1. The van der Waals surface area contributed by atoms with Crippen molar-refractivity contribution in [3.05, 3.63) is 59.2 Å². The summed E-state index contributed by atoms with van der Waals surface area (Å²) in [5.41, 5.74) is 0.553. The Bertz CT molecular complexity index is 999. The Morgan fingerprint density at radius 1 is 1.06 bits per heavy atom. The van der Waals surface area contributed by atoms with E-state index < -0.39 is 24.3 Å². The van der Waals surface area contributed by atoms with Crippen molar-refractivity contribution in [2.75, 3.05) is 31.1 Å². The number of anilines is 1. The van der Waals surface area contributed by atoms with E-state index in [1.54, 1.807) is 58.5 Å². The van der Waals surface area contributed by atoms with Crippen molar-refractivity contribution in [2.24, 2.45) is 0 Å². The molecule has 182 valence electrons. The first-order valence-corrected chi connectivity index (χ1v) is 11.3. The van der Waals surface area contributed by atoms with Crippen LogP contribution >= 0.6 is 11.6 Å². The van der Waals surface area contributed by atoms with Gasteiger partial charge in [0.05, 0.1) is 12.6 Å². The molecule has 2 atom stereocenters. The zero-order valence-electron chi connectivity index (χ0n) is 18.2. The first-order valence-electron chi connectivity index (χ1n) is 11.0. The van der Waals surface area contributed by atoms with E-state index in [9.17, 15) is 22.8 Å². The summed E-state index contributed by atoms with van der Waals surface area (Å²) in [4.78, 5) is 32.0. The van der Waals surface area contributed by atoms with Crippen molar-refractivity contribution in [3.8, 4) is 0 Å². The maximum absolute atomic E-state index is 12.8. The van der Waals surface area contributed by atoms with E-state index in [1.165, 1.54) is 0 Å². The molecule has 0 saturated carbocycles. The normalized spacial score (nSPS) is 21.5. The SMILES string of the molecule is O=C(c1ccc(Cl)cc1)N1CCC(NC2CN(c3ccccn3)CC2OC(=O)C(F)(F)F)CC1. The average Bonchev–Trinajstić information content (AvgIpc) is 3.22. The molecule has 2 aliphatic heterocycles. The molecule has 0 bridgehead atoms. The summed E-state index contributed by atoms with van der Waals surface area (Å²) in [7, 11) is 0. The number of amides is 1.